The highest BCUT2D eigenvalue weighted by Crippen LogP contribution is 2.30. The molecular formula is C12H17NO3. The van der Waals surface area contributed by atoms with Gasteiger partial charge in [0, 0.05) is 25.0 Å². The van der Waals surface area contributed by atoms with E-state index in [1.165, 1.54) is 5.69 Å². The summed E-state index contributed by atoms with van der Waals surface area (Å²) < 4.78 is 7.17. The van der Waals surface area contributed by atoms with Gasteiger partial charge in [0.1, 0.15) is 0 Å². The molecule has 0 fully saturated rings. The fraction of sp³-hybridized carbons (Fsp3) is 0.583. The second kappa shape index (κ2) is 4.29. The molecule has 4 nitrogen and oxygen atoms in total. The maximum atomic E-state index is 11.2. The van der Waals surface area contributed by atoms with Crippen molar-refractivity contribution in [3.8, 4) is 0 Å². The van der Waals surface area contributed by atoms with Crippen molar-refractivity contribution in [2.45, 2.75) is 32.7 Å². The number of carboxylic acid groups (broad SMARTS) is 1. The van der Waals surface area contributed by atoms with Crippen LogP contribution in [0.1, 0.15) is 33.7 Å². The number of nitrogens with zero attached hydrogens (tertiary/aromatic N) is 1. The molecule has 0 aromatic carbocycles. The number of methoxy groups -OCH3 is 1. The van der Waals surface area contributed by atoms with Crippen LogP contribution in [0.5, 0.6) is 0 Å². The molecule has 0 atom stereocenters. The van der Waals surface area contributed by atoms with E-state index < -0.39 is 5.97 Å². The topological polar surface area (TPSA) is 51.5 Å². The van der Waals surface area contributed by atoms with Crippen molar-refractivity contribution in [1.29, 1.82) is 0 Å². The summed E-state index contributed by atoms with van der Waals surface area (Å²) in [6.07, 6.45) is 2.96. The lowest BCUT2D eigenvalue weighted by atomic mass is 10.1. The molecule has 1 aromatic rings. The molecular weight excluding hydrogens is 206 g/mol. The van der Waals surface area contributed by atoms with E-state index in [0.29, 0.717) is 12.2 Å². The summed E-state index contributed by atoms with van der Waals surface area (Å²) in [4.78, 5) is 11.2. The van der Waals surface area contributed by atoms with Crippen LogP contribution in [0.15, 0.2) is 0 Å². The van der Waals surface area contributed by atoms with Gasteiger partial charge in [0.05, 0.1) is 12.2 Å². The van der Waals surface area contributed by atoms with Crippen LogP contribution in [0.2, 0.25) is 0 Å². The number of rotatable bonds is 4. The summed E-state index contributed by atoms with van der Waals surface area (Å²) in [7, 11) is 1.66. The largest absolute Gasteiger partial charge is 0.478 e. The molecule has 1 N–H and O–H groups in total. The number of fused-ring (bicyclic) bond motifs is 1. The zero-order chi connectivity index (χ0) is 11.7. The van der Waals surface area contributed by atoms with Gasteiger partial charge in [-0.3, -0.25) is 0 Å². The number of aromatic nitrogens is 1. The van der Waals surface area contributed by atoms with Crippen molar-refractivity contribution >= 4 is 5.97 Å². The van der Waals surface area contributed by atoms with Crippen LogP contribution >= 0.6 is 0 Å². The molecule has 0 spiro atoms. The van der Waals surface area contributed by atoms with Crippen molar-refractivity contribution in [3.63, 3.8) is 0 Å². The van der Waals surface area contributed by atoms with E-state index in [-0.39, 0.29) is 0 Å². The van der Waals surface area contributed by atoms with Gasteiger partial charge in [-0.1, -0.05) is 0 Å². The lowest BCUT2D eigenvalue weighted by Gasteiger charge is -2.09. The van der Waals surface area contributed by atoms with E-state index in [1.54, 1.807) is 7.11 Å². The fourth-order valence-electron chi connectivity index (χ4n) is 2.62. The Morgan fingerprint density at radius 2 is 2.25 bits per heavy atom. The van der Waals surface area contributed by atoms with Gasteiger partial charge in [0.2, 0.25) is 0 Å². The molecule has 0 radical (unpaired) electrons. The first kappa shape index (κ1) is 11.2. The van der Waals surface area contributed by atoms with Crippen molar-refractivity contribution in [2.24, 2.45) is 0 Å². The fourth-order valence-corrected chi connectivity index (χ4v) is 2.62. The predicted octanol–water partition coefficient (Wildman–Crippen LogP) is 1.63. The molecule has 0 bridgehead atoms. The molecule has 1 aliphatic rings. The molecule has 1 heterocycles. The van der Waals surface area contributed by atoms with Crippen molar-refractivity contribution in [2.75, 3.05) is 13.7 Å². The van der Waals surface area contributed by atoms with Crippen LogP contribution in [-0.4, -0.2) is 29.4 Å². The smallest absolute Gasteiger partial charge is 0.337 e. The van der Waals surface area contributed by atoms with E-state index in [2.05, 4.69) is 4.57 Å². The maximum absolute atomic E-state index is 11.2. The summed E-state index contributed by atoms with van der Waals surface area (Å²) in [5.41, 5.74) is 3.63. The molecule has 88 valence electrons. The first-order valence-corrected chi connectivity index (χ1v) is 5.60. The van der Waals surface area contributed by atoms with Gasteiger partial charge in [0.15, 0.2) is 0 Å². The van der Waals surface area contributed by atoms with E-state index in [4.69, 9.17) is 4.74 Å². The third kappa shape index (κ3) is 1.63. The summed E-state index contributed by atoms with van der Waals surface area (Å²) in [6, 6.07) is 0. The molecule has 0 saturated carbocycles. The highest BCUT2D eigenvalue weighted by atomic mass is 16.5. The Hall–Kier alpha value is -1.29. The lowest BCUT2D eigenvalue weighted by molar-refractivity contribution is 0.0694. The highest BCUT2D eigenvalue weighted by molar-refractivity contribution is 5.91. The predicted molar refractivity (Wildman–Crippen MR) is 60.0 cm³/mol. The van der Waals surface area contributed by atoms with Gasteiger partial charge >= 0.3 is 5.97 Å². The van der Waals surface area contributed by atoms with Crippen LogP contribution in [-0.2, 0) is 24.1 Å². The quantitative estimate of drug-likeness (QED) is 0.844. The Morgan fingerprint density at radius 1 is 1.50 bits per heavy atom. The molecule has 0 aliphatic heterocycles. The second-order valence-corrected chi connectivity index (χ2v) is 4.19. The first-order valence-electron chi connectivity index (χ1n) is 5.60. The Morgan fingerprint density at radius 3 is 2.88 bits per heavy atom. The van der Waals surface area contributed by atoms with Gasteiger partial charge in [-0.25, -0.2) is 4.79 Å². The van der Waals surface area contributed by atoms with E-state index in [0.717, 1.165) is 37.1 Å². The second-order valence-electron chi connectivity index (χ2n) is 4.19. The van der Waals surface area contributed by atoms with Crippen LogP contribution in [0.4, 0.5) is 0 Å². The third-order valence-electron chi connectivity index (χ3n) is 3.32. The molecule has 4 heteroatoms. The first-order chi connectivity index (χ1) is 7.66. The minimum Gasteiger partial charge on any atom is -0.478 e. The Labute approximate surface area is 94.8 Å². The molecule has 16 heavy (non-hydrogen) atoms. The van der Waals surface area contributed by atoms with Crippen LogP contribution in [0, 0.1) is 6.92 Å². The molecule has 0 amide bonds. The number of ether oxygens (including phenoxy) is 1. The van der Waals surface area contributed by atoms with E-state index in [9.17, 15) is 9.90 Å². The minimum atomic E-state index is -0.799. The zero-order valence-corrected chi connectivity index (χ0v) is 9.75. The van der Waals surface area contributed by atoms with Gasteiger partial charge in [-0.05, 0) is 31.7 Å². The minimum absolute atomic E-state index is 0.517. The standard InChI is InChI=1S/C12H17NO3/c1-8-11(12(14)15)9-4-3-5-10(9)13(8)6-7-16-2/h3-7H2,1-2H3,(H,14,15). The van der Waals surface area contributed by atoms with Crippen molar-refractivity contribution < 1.29 is 14.6 Å². The molecule has 1 aliphatic carbocycles. The van der Waals surface area contributed by atoms with Gasteiger partial charge in [-0.15, -0.1) is 0 Å². The Balaban J connectivity index is 2.45. The average Bonchev–Trinajstić information content (AvgIpc) is 2.75. The number of aromatic carboxylic acids is 1. The molecule has 1 aromatic heterocycles. The van der Waals surface area contributed by atoms with Gasteiger partial charge < -0.3 is 14.4 Å². The lowest BCUT2D eigenvalue weighted by Crippen LogP contribution is -2.10. The van der Waals surface area contributed by atoms with Crippen LogP contribution < -0.4 is 0 Å². The maximum Gasteiger partial charge on any atom is 0.337 e. The monoisotopic (exact) mass is 223 g/mol. The van der Waals surface area contributed by atoms with Crippen molar-refractivity contribution in [1.82, 2.24) is 4.57 Å². The van der Waals surface area contributed by atoms with Gasteiger partial charge in [0.25, 0.3) is 0 Å². The van der Waals surface area contributed by atoms with Crippen LogP contribution in [0.3, 0.4) is 0 Å². The summed E-state index contributed by atoms with van der Waals surface area (Å²) >= 11 is 0. The number of carbonyl (C=O) groups is 1. The summed E-state index contributed by atoms with van der Waals surface area (Å²) in [6.45, 7) is 3.26. The zero-order valence-electron chi connectivity index (χ0n) is 9.75. The summed E-state index contributed by atoms with van der Waals surface area (Å²) in [5, 5.41) is 9.22. The SMILES string of the molecule is COCCn1c(C)c(C(=O)O)c2c1CCC2. The Kier molecular flexibility index (Phi) is 3.01. The highest BCUT2D eigenvalue weighted by Gasteiger charge is 2.27. The Bertz CT molecular complexity index is 420. The van der Waals surface area contributed by atoms with Crippen LogP contribution in [0.25, 0.3) is 0 Å². The number of hydrogen-bond donors (Lipinski definition) is 1. The molecule has 2 rings (SSSR count). The van der Waals surface area contributed by atoms with E-state index >= 15 is 0 Å². The number of carboxylic acids is 1. The average molecular weight is 223 g/mol. The van der Waals surface area contributed by atoms with Gasteiger partial charge in [-0.2, -0.15) is 0 Å². The van der Waals surface area contributed by atoms with Crippen molar-refractivity contribution in [3.05, 3.63) is 22.5 Å². The third-order valence-corrected chi connectivity index (χ3v) is 3.32. The molecule has 0 saturated heterocycles. The molecule has 0 unspecified atom stereocenters. The normalized spacial score (nSPS) is 14.1. The summed E-state index contributed by atoms with van der Waals surface area (Å²) in [5.74, 6) is -0.799. The number of hydrogen-bond acceptors (Lipinski definition) is 2. The van der Waals surface area contributed by atoms with E-state index in [1.807, 2.05) is 6.92 Å².